The van der Waals surface area contributed by atoms with Crippen LogP contribution in [0.15, 0.2) is 23.1 Å². The Labute approximate surface area is 161 Å². The van der Waals surface area contributed by atoms with Gasteiger partial charge in [0.1, 0.15) is 5.82 Å². The van der Waals surface area contributed by atoms with Crippen molar-refractivity contribution in [2.24, 2.45) is 0 Å². The van der Waals surface area contributed by atoms with Crippen molar-refractivity contribution < 1.29 is 17.6 Å². The second kappa shape index (κ2) is 8.56. The third-order valence-corrected chi connectivity index (χ3v) is 6.66. The number of carbonyl (C=O) groups excluding carboxylic acids is 1. The number of nitrogens with zero attached hydrogens (tertiary/aromatic N) is 1. The SMILES string of the molecule is Cc1cc(F)ccc1S(=O)(=O)N1CCCC[C@H]1CCNC(=O)NC(C)(C)C. The van der Waals surface area contributed by atoms with Crippen LogP contribution in [0.3, 0.4) is 0 Å². The van der Waals surface area contributed by atoms with Crippen LogP contribution in [0.25, 0.3) is 0 Å². The maximum absolute atomic E-state index is 13.4. The molecule has 0 aromatic heterocycles. The lowest BCUT2D eigenvalue weighted by Crippen LogP contribution is -2.48. The quantitative estimate of drug-likeness (QED) is 0.798. The van der Waals surface area contributed by atoms with Crippen LogP contribution in [-0.4, -0.2) is 43.4 Å². The highest BCUT2D eigenvalue weighted by atomic mass is 32.2. The molecule has 0 unspecified atom stereocenters. The molecule has 1 heterocycles. The Kier molecular flexibility index (Phi) is 6.86. The second-order valence-corrected chi connectivity index (χ2v) is 9.95. The first-order chi connectivity index (χ1) is 12.5. The molecule has 2 N–H and O–H groups in total. The van der Waals surface area contributed by atoms with Gasteiger partial charge in [0.15, 0.2) is 0 Å². The molecule has 0 saturated carbocycles. The average Bonchev–Trinajstić information content (AvgIpc) is 2.53. The summed E-state index contributed by atoms with van der Waals surface area (Å²) in [7, 11) is -3.70. The van der Waals surface area contributed by atoms with Gasteiger partial charge in [0.25, 0.3) is 0 Å². The Hall–Kier alpha value is -1.67. The zero-order chi connectivity index (χ0) is 20.2. The van der Waals surface area contributed by atoms with Crippen LogP contribution in [0.1, 0.15) is 52.0 Å². The molecule has 1 saturated heterocycles. The molecule has 1 aliphatic rings. The van der Waals surface area contributed by atoms with Gasteiger partial charge < -0.3 is 10.6 Å². The van der Waals surface area contributed by atoms with Crippen LogP contribution >= 0.6 is 0 Å². The van der Waals surface area contributed by atoms with E-state index in [-0.39, 0.29) is 22.5 Å². The normalized spacial score (nSPS) is 18.9. The van der Waals surface area contributed by atoms with E-state index in [0.29, 0.717) is 25.1 Å². The summed E-state index contributed by atoms with van der Waals surface area (Å²) in [5, 5.41) is 5.62. The van der Waals surface area contributed by atoms with Crippen molar-refractivity contribution in [2.75, 3.05) is 13.1 Å². The smallest absolute Gasteiger partial charge is 0.315 e. The molecule has 0 radical (unpaired) electrons. The first-order valence-electron chi connectivity index (χ1n) is 9.35. The fourth-order valence-corrected chi connectivity index (χ4v) is 5.28. The monoisotopic (exact) mass is 399 g/mol. The number of urea groups is 1. The van der Waals surface area contributed by atoms with Crippen molar-refractivity contribution in [1.29, 1.82) is 0 Å². The van der Waals surface area contributed by atoms with Gasteiger partial charge in [-0.1, -0.05) is 6.42 Å². The van der Waals surface area contributed by atoms with Gasteiger partial charge in [-0.05, 0) is 70.7 Å². The fourth-order valence-electron chi connectivity index (χ4n) is 3.34. The van der Waals surface area contributed by atoms with E-state index in [4.69, 9.17) is 0 Å². The number of halogens is 1. The number of carbonyl (C=O) groups is 1. The van der Waals surface area contributed by atoms with Gasteiger partial charge in [0, 0.05) is 24.7 Å². The first-order valence-corrected chi connectivity index (χ1v) is 10.8. The predicted molar refractivity (Wildman–Crippen MR) is 104 cm³/mol. The Balaban J connectivity index is 2.07. The highest BCUT2D eigenvalue weighted by Crippen LogP contribution is 2.28. The van der Waals surface area contributed by atoms with Crippen LogP contribution < -0.4 is 10.6 Å². The molecular formula is C19H30FN3O3S. The number of hydrogen-bond acceptors (Lipinski definition) is 3. The largest absolute Gasteiger partial charge is 0.338 e. The van der Waals surface area contributed by atoms with Crippen LogP contribution in [0.4, 0.5) is 9.18 Å². The molecule has 2 rings (SSSR count). The van der Waals surface area contributed by atoms with Gasteiger partial charge in [-0.15, -0.1) is 0 Å². The second-order valence-electron chi connectivity index (χ2n) is 8.09. The molecular weight excluding hydrogens is 369 g/mol. The summed E-state index contributed by atoms with van der Waals surface area (Å²) >= 11 is 0. The number of rotatable bonds is 5. The van der Waals surface area contributed by atoms with Crippen molar-refractivity contribution in [3.8, 4) is 0 Å². The van der Waals surface area contributed by atoms with Gasteiger partial charge in [-0.2, -0.15) is 4.31 Å². The first kappa shape index (κ1) is 21.6. The molecule has 8 heteroatoms. The van der Waals surface area contributed by atoms with Gasteiger partial charge in [0.05, 0.1) is 4.90 Å². The Morgan fingerprint density at radius 3 is 2.63 bits per heavy atom. The molecule has 0 spiro atoms. The lowest BCUT2D eigenvalue weighted by Gasteiger charge is -2.35. The van der Waals surface area contributed by atoms with Gasteiger partial charge >= 0.3 is 6.03 Å². The van der Waals surface area contributed by atoms with Crippen molar-refractivity contribution in [2.45, 2.75) is 69.9 Å². The summed E-state index contributed by atoms with van der Waals surface area (Å²) in [6.45, 7) is 8.12. The van der Waals surface area contributed by atoms with Crippen LogP contribution in [0, 0.1) is 12.7 Å². The predicted octanol–water partition coefficient (Wildman–Crippen LogP) is 3.17. The molecule has 1 aromatic carbocycles. The highest BCUT2D eigenvalue weighted by Gasteiger charge is 2.34. The third kappa shape index (κ3) is 5.90. The maximum atomic E-state index is 13.4. The molecule has 1 fully saturated rings. The molecule has 6 nitrogen and oxygen atoms in total. The standard InChI is InChI=1S/C19H30FN3O3S/c1-14-13-15(20)8-9-17(14)27(25,26)23-12-6-5-7-16(23)10-11-21-18(24)22-19(2,3)4/h8-9,13,16H,5-7,10-12H2,1-4H3,(H2,21,22,24)/t16-/m0/s1. The van der Waals surface area contributed by atoms with E-state index in [2.05, 4.69) is 10.6 Å². The van der Waals surface area contributed by atoms with Crippen molar-refractivity contribution in [3.63, 3.8) is 0 Å². The van der Waals surface area contributed by atoms with Gasteiger partial charge in [-0.3, -0.25) is 0 Å². The van der Waals surface area contributed by atoms with E-state index in [1.807, 2.05) is 20.8 Å². The number of piperidine rings is 1. The number of hydrogen-bond donors (Lipinski definition) is 2. The summed E-state index contributed by atoms with van der Waals surface area (Å²) in [5.74, 6) is -0.448. The number of aryl methyl sites for hydroxylation is 1. The summed E-state index contributed by atoms with van der Waals surface area (Å²) in [5.41, 5.74) is 0.0757. The lowest BCUT2D eigenvalue weighted by atomic mass is 10.0. The minimum Gasteiger partial charge on any atom is -0.338 e. The number of nitrogens with one attached hydrogen (secondary N) is 2. The number of amides is 2. The Morgan fingerprint density at radius 1 is 1.30 bits per heavy atom. The van der Waals surface area contributed by atoms with E-state index in [0.717, 1.165) is 19.3 Å². The summed E-state index contributed by atoms with van der Waals surface area (Å²) in [4.78, 5) is 12.0. The summed E-state index contributed by atoms with van der Waals surface area (Å²) in [6, 6.07) is 3.31. The summed E-state index contributed by atoms with van der Waals surface area (Å²) in [6.07, 6.45) is 3.04. The Morgan fingerprint density at radius 2 is 2.00 bits per heavy atom. The third-order valence-electron chi connectivity index (χ3n) is 4.55. The molecule has 1 aliphatic heterocycles. The maximum Gasteiger partial charge on any atom is 0.315 e. The minimum atomic E-state index is -3.70. The molecule has 2 amide bonds. The van der Waals surface area contributed by atoms with E-state index in [9.17, 15) is 17.6 Å². The molecule has 152 valence electrons. The lowest BCUT2D eigenvalue weighted by molar-refractivity contribution is 0.223. The zero-order valence-corrected chi connectivity index (χ0v) is 17.3. The van der Waals surface area contributed by atoms with E-state index >= 15 is 0 Å². The van der Waals surface area contributed by atoms with E-state index in [1.54, 1.807) is 6.92 Å². The Bertz CT molecular complexity index is 775. The van der Waals surface area contributed by atoms with Crippen molar-refractivity contribution >= 4 is 16.1 Å². The molecule has 0 aliphatic carbocycles. The van der Waals surface area contributed by atoms with Crippen LogP contribution in [-0.2, 0) is 10.0 Å². The minimum absolute atomic E-state index is 0.147. The van der Waals surface area contributed by atoms with Crippen molar-refractivity contribution in [1.82, 2.24) is 14.9 Å². The van der Waals surface area contributed by atoms with Gasteiger partial charge in [-0.25, -0.2) is 17.6 Å². The molecule has 0 bridgehead atoms. The molecule has 27 heavy (non-hydrogen) atoms. The molecule has 1 aromatic rings. The fraction of sp³-hybridized carbons (Fsp3) is 0.632. The number of benzene rings is 1. The molecule has 1 atom stereocenters. The van der Waals surface area contributed by atoms with Gasteiger partial charge in [0.2, 0.25) is 10.0 Å². The van der Waals surface area contributed by atoms with Crippen molar-refractivity contribution in [3.05, 3.63) is 29.6 Å². The van der Waals surface area contributed by atoms with Crippen LogP contribution in [0.2, 0.25) is 0 Å². The van der Waals surface area contributed by atoms with Crippen LogP contribution in [0.5, 0.6) is 0 Å². The van der Waals surface area contributed by atoms with E-state index < -0.39 is 15.8 Å². The topological polar surface area (TPSA) is 78.5 Å². The average molecular weight is 400 g/mol. The number of sulfonamides is 1. The highest BCUT2D eigenvalue weighted by molar-refractivity contribution is 7.89. The van der Waals surface area contributed by atoms with E-state index in [1.165, 1.54) is 22.5 Å². The summed E-state index contributed by atoms with van der Waals surface area (Å²) < 4.78 is 41.1. The zero-order valence-electron chi connectivity index (χ0n) is 16.5.